The van der Waals surface area contributed by atoms with Crippen LogP contribution >= 0.6 is 0 Å². The Morgan fingerprint density at radius 2 is 1.82 bits per heavy atom. The van der Waals surface area contributed by atoms with Gasteiger partial charge in [0.05, 0.1) is 23.8 Å². The molecule has 0 saturated heterocycles. The number of hydrogen-bond acceptors (Lipinski definition) is 11. The Kier molecular flexibility index (Phi) is 6.96. The SMILES string of the molecule is CCONC(=O)c1cc(N(C)C)c2c(c1O)C(=O)C1=C(O)[C@]3(O)C(=O)C(C(N)=O)=C(O)[C@@H](N(C)C)[C@@H]3C[C@@H]1C2. The Balaban J connectivity index is 1.96. The number of nitrogens with one attached hydrogen (secondary N) is 1. The number of nitrogens with two attached hydrogens (primary N) is 1. The van der Waals surface area contributed by atoms with Crippen LogP contribution in [0.15, 0.2) is 28.7 Å². The molecule has 0 heterocycles. The lowest BCUT2D eigenvalue weighted by Gasteiger charge is -2.50. The molecule has 0 aromatic heterocycles. The van der Waals surface area contributed by atoms with Gasteiger partial charge in [-0.05, 0) is 51.4 Å². The summed E-state index contributed by atoms with van der Waals surface area (Å²) in [5, 5.41) is 45.0. The monoisotopic (exact) mass is 544 g/mol. The summed E-state index contributed by atoms with van der Waals surface area (Å²) in [6.07, 6.45) is 0.0644. The van der Waals surface area contributed by atoms with Gasteiger partial charge in [0, 0.05) is 31.3 Å². The number of ketones is 2. The number of benzene rings is 1. The largest absolute Gasteiger partial charge is 0.510 e. The van der Waals surface area contributed by atoms with Crippen LogP contribution in [0.2, 0.25) is 0 Å². The number of aromatic hydroxyl groups is 1. The fraction of sp³-hybridized carbons (Fsp3) is 0.462. The number of likely N-dealkylation sites (N-methyl/N-ethyl adjacent to an activating group) is 1. The van der Waals surface area contributed by atoms with Crippen LogP contribution in [0, 0.1) is 11.8 Å². The Bertz CT molecular complexity index is 1360. The molecule has 0 spiro atoms. The highest BCUT2D eigenvalue weighted by molar-refractivity contribution is 6.25. The minimum absolute atomic E-state index is 0.0357. The van der Waals surface area contributed by atoms with E-state index in [-0.39, 0.29) is 36.1 Å². The molecule has 0 fully saturated rings. The summed E-state index contributed by atoms with van der Waals surface area (Å²) >= 11 is 0. The lowest BCUT2D eigenvalue weighted by molar-refractivity contribution is -0.148. The minimum atomic E-state index is -2.74. The lowest BCUT2D eigenvalue weighted by atomic mass is 9.58. The molecule has 0 bridgehead atoms. The number of hydroxylamine groups is 1. The van der Waals surface area contributed by atoms with Crippen molar-refractivity contribution < 1.29 is 44.4 Å². The zero-order valence-corrected chi connectivity index (χ0v) is 22.2. The smallest absolute Gasteiger partial charge is 0.278 e. The fourth-order valence-electron chi connectivity index (χ4n) is 6.06. The summed E-state index contributed by atoms with van der Waals surface area (Å²) in [6.45, 7) is 1.79. The predicted molar refractivity (Wildman–Crippen MR) is 137 cm³/mol. The summed E-state index contributed by atoms with van der Waals surface area (Å²) in [5.74, 6) is -8.42. The van der Waals surface area contributed by atoms with Crippen molar-refractivity contribution in [2.75, 3.05) is 39.7 Å². The van der Waals surface area contributed by atoms with Gasteiger partial charge in [-0.15, -0.1) is 0 Å². The molecule has 2 amide bonds. The molecule has 0 unspecified atom stereocenters. The Morgan fingerprint density at radius 3 is 2.36 bits per heavy atom. The highest BCUT2D eigenvalue weighted by Crippen LogP contribution is 2.53. The van der Waals surface area contributed by atoms with E-state index in [0.29, 0.717) is 11.3 Å². The van der Waals surface area contributed by atoms with Crippen LogP contribution in [0.25, 0.3) is 0 Å². The van der Waals surface area contributed by atoms with Gasteiger partial charge in [-0.2, -0.15) is 0 Å². The van der Waals surface area contributed by atoms with Crippen molar-refractivity contribution in [3.05, 3.63) is 45.4 Å². The first-order valence-corrected chi connectivity index (χ1v) is 12.3. The summed E-state index contributed by atoms with van der Waals surface area (Å²) in [6, 6.07) is 0.339. The van der Waals surface area contributed by atoms with Gasteiger partial charge in [-0.25, -0.2) is 5.48 Å². The minimum Gasteiger partial charge on any atom is -0.510 e. The zero-order valence-electron chi connectivity index (χ0n) is 22.2. The van der Waals surface area contributed by atoms with Crippen molar-refractivity contribution >= 4 is 29.1 Å². The molecular weight excluding hydrogens is 512 g/mol. The molecule has 1 aromatic carbocycles. The molecular formula is C26H32N4O9. The van der Waals surface area contributed by atoms with Gasteiger partial charge in [0.2, 0.25) is 5.78 Å². The number of phenols is 1. The van der Waals surface area contributed by atoms with E-state index in [9.17, 15) is 39.6 Å². The van der Waals surface area contributed by atoms with Gasteiger partial charge in [0.25, 0.3) is 11.8 Å². The van der Waals surface area contributed by atoms with Crippen LogP contribution in [-0.4, -0.2) is 95.1 Å². The van der Waals surface area contributed by atoms with Gasteiger partial charge in [-0.3, -0.25) is 28.9 Å². The molecule has 3 aliphatic carbocycles. The van der Waals surface area contributed by atoms with Crippen molar-refractivity contribution in [3.63, 3.8) is 0 Å². The van der Waals surface area contributed by atoms with Crippen molar-refractivity contribution in [2.45, 2.75) is 31.4 Å². The summed E-state index contributed by atoms with van der Waals surface area (Å²) < 4.78 is 0. The molecule has 3 aliphatic rings. The first kappa shape index (κ1) is 28.1. The van der Waals surface area contributed by atoms with Crippen LogP contribution < -0.4 is 16.1 Å². The molecule has 4 atom stereocenters. The molecule has 0 aliphatic heterocycles. The number of allylic oxidation sites excluding steroid dienone is 1. The molecule has 4 rings (SSSR count). The average molecular weight is 545 g/mol. The standard InChI is InChI=1S/C26H32N4O9/c1-6-39-28-25(37)12-9-14(29(2)3)11-7-10-8-13-18(30(4)5)21(33)17(24(27)36)23(35)26(13,38)22(34)15(10)20(32)16(11)19(12)31/h9-10,13,18,31,33-34,38H,6-8H2,1-5H3,(H2,27,36)(H,28,37)/t10-,13-,18-,26-/m0/s1. The van der Waals surface area contributed by atoms with E-state index >= 15 is 0 Å². The number of Topliss-reactive ketones (excluding diaryl/α,β-unsaturated/α-hetero) is 2. The number of fused-ring (bicyclic) bond motifs is 3. The number of anilines is 1. The summed E-state index contributed by atoms with van der Waals surface area (Å²) in [7, 11) is 6.51. The van der Waals surface area contributed by atoms with Crippen LogP contribution in [0.4, 0.5) is 5.69 Å². The van der Waals surface area contributed by atoms with Crippen molar-refractivity contribution in [1.29, 1.82) is 0 Å². The second kappa shape index (κ2) is 9.67. The third kappa shape index (κ3) is 3.96. The summed E-state index contributed by atoms with van der Waals surface area (Å²) in [4.78, 5) is 60.2. The number of rotatable bonds is 6. The number of carbonyl (C=O) groups excluding carboxylic acids is 4. The number of aliphatic hydroxyl groups excluding tert-OH is 2. The molecule has 13 heteroatoms. The Labute approximate surface area is 224 Å². The summed E-state index contributed by atoms with van der Waals surface area (Å²) in [5.41, 5.74) is 3.94. The Hall–Kier alpha value is -3.94. The van der Waals surface area contributed by atoms with E-state index in [1.165, 1.54) is 11.0 Å². The van der Waals surface area contributed by atoms with Crippen LogP contribution in [0.5, 0.6) is 5.75 Å². The number of nitrogens with zero attached hydrogens (tertiary/aromatic N) is 2. The number of hydrogen-bond donors (Lipinski definition) is 6. The van der Waals surface area contributed by atoms with E-state index in [4.69, 9.17) is 10.6 Å². The van der Waals surface area contributed by atoms with Gasteiger partial charge in [-0.1, -0.05) is 0 Å². The number of phenolic OH excluding ortho intramolecular Hbond substituents is 1. The quantitative estimate of drug-likeness (QED) is 0.206. The maximum absolute atomic E-state index is 13.9. The van der Waals surface area contributed by atoms with Crippen LogP contribution in [0.1, 0.15) is 39.6 Å². The van der Waals surface area contributed by atoms with Gasteiger partial charge in [0.1, 0.15) is 22.8 Å². The van der Waals surface area contributed by atoms with E-state index in [1.807, 2.05) is 0 Å². The van der Waals surface area contributed by atoms with Crippen molar-refractivity contribution in [2.24, 2.45) is 17.6 Å². The number of primary amides is 1. The van der Waals surface area contributed by atoms with E-state index in [2.05, 4.69) is 5.48 Å². The first-order chi connectivity index (χ1) is 18.2. The molecule has 39 heavy (non-hydrogen) atoms. The van der Waals surface area contributed by atoms with Crippen LogP contribution in [-0.2, 0) is 20.8 Å². The van der Waals surface area contributed by atoms with Crippen molar-refractivity contribution in [1.82, 2.24) is 10.4 Å². The van der Waals surface area contributed by atoms with E-state index in [0.717, 1.165) is 0 Å². The number of carbonyl (C=O) groups is 4. The van der Waals surface area contributed by atoms with E-state index in [1.54, 1.807) is 40.0 Å². The maximum Gasteiger partial charge on any atom is 0.278 e. The molecule has 7 N–H and O–H groups in total. The highest BCUT2D eigenvalue weighted by atomic mass is 16.6. The Morgan fingerprint density at radius 1 is 1.18 bits per heavy atom. The lowest BCUT2D eigenvalue weighted by Crippen LogP contribution is -2.63. The zero-order chi connectivity index (χ0) is 29.1. The van der Waals surface area contributed by atoms with Crippen molar-refractivity contribution in [3.8, 4) is 5.75 Å². The van der Waals surface area contributed by atoms with Crippen LogP contribution in [0.3, 0.4) is 0 Å². The molecule has 13 nitrogen and oxygen atoms in total. The molecule has 210 valence electrons. The fourth-order valence-corrected chi connectivity index (χ4v) is 6.06. The first-order valence-electron chi connectivity index (χ1n) is 12.3. The van der Waals surface area contributed by atoms with E-state index < -0.39 is 69.7 Å². The second-order valence-electron chi connectivity index (χ2n) is 10.4. The van der Waals surface area contributed by atoms with Gasteiger partial charge in [0.15, 0.2) is 11.4 Å². The molecule has 1 aromatic rings. The third-order valence-electron chi connectivity index (χ3n) is 7.73. The average Bonchev–Trinajstić information content (AvgIpc) is 2.84. The second-order valence-corrected chi connectivity index (χ2v) is 10.4. The maximum atomic E-state index is 13.9. The topological polar surface area (TPSA) is 203 Å². The normalized spacial score (nSPS) is 26.3. The highest BCUT2D eigenvalue weighted by Gasteiger charge is 2.63. The number of amides is 2. The van der Waals surface area contributed by atoms with Gasteiger partial charge >= 0.3 is 0 Å². The predicted octanol–water partition coefficient (Wildman–Crippen LogP) is -0.132. The third-order valence-corrected chi connectivity index (χ3v) is 7.73. The molecule has 0 saturated carbocycles. The molecule has 0 radical (unpaired) electrons. The van der Waals surface area contributed by atoms with Gasteiger partial charge < -0.3 is 31.1 Å². The number of aliphatic hydroxyl groups is 3.